The zero-order valence-corrected chi connectivity index (χ0v) is 31.8. The Bertz CT molecular complexity index is 1690. The maximum absolute atomic E-state index is 13.6. The van der Waals surface area contributed by atoms with Gasteiger partial charge in [-0.2, -0.15) is 0 Å². The zero-order chi connectivity index (χ0) is 37.0. The molecular formula is C42H60N6O4+2. The van der Waals surface area contributed by atoms with Crippen molar-refractivity contribution in [2.45, 2.75) is 111 Å². The zero-order valence-electron chi connectivity index (χ0n) is 31.8. The van der Waals surface area contributed by atoms with E-state index < -0.39 is 5.92 Å². The van der Waals surface area contributed by atoms with E-state index in [1.807, 2.05) is 24.3 Å². The summed E-state index contributed by atoms with van der Waals surface area (Å²) in [6, 6.07) is 11.0. The largest absolute Gasteiger partial charge is 0.510 e. The van der Waals surface area contributed by atoms with E-state index in [0.29, 0.717) is 37.4 Å². The molecule has 52 heavy (non-hydrogen) atoms. The number of anilines is 2. The van der Waals surface area contributed by atoms with E-state index in [-0.39, 0.29) is 34.2 Å². The van der Waals surface area contributed by atoms with Crippen molar-refractivity contribution < 1.29 is 29.2 Å². The number of phenolic OH excluding ortho intramolecular Hbond substituents is 2. The van der Waals surface area contributed by atoms with Crippen molar-refractivity contribution in [3.63, 3.8) is 0 Å². The standard InChI is InChI=1S/C42H58N6O4/c1-5-9-17-43-21-23-45(31-43)25-27-48(28-26-46-24-22-44(32-46)18-10-6-2)35-29-36(49)39(37(50)30-35)40-41(51)38(42(40)52)33-13-15-34(16-14-33)47(19-11-7-3)20-12-8-4/h13-16,21-24,29-32,40H,5-12,17-20,25-28H2,1-4H3,(H-2,49,50,51,52)/p+2. The summed E-state index contributed by atoms with van der Waals surface area (Å²) in [7, 11) is 0. The second-order valence-electron chi connectivity index (χ2n) is 14.2. The topological polar surface area (TPSA) is 102 Å². The third kappa shape index (κ3) is 9.38. The van der Waals surface area contributed by atoms with Gasteiger partial charge in [0.25, 0.3) is 0 Å². The van der Waals surface area contributed by atoms with E-state index in [1.54, 1.807) is 12.1 Å². The van der Waals surface area contributed by atoms with Crippen molar-refractivity contribution in [2.24, 2.45) is 0 Å². The van der Waals surface area contributed by atoms with Gasteiger partial charge in [0.2, 0.25) is 12.7 Å². The average molecular weight is 713 g/mol. The highest BCUT2D eigenvalue weighted by Crippen LogP contribution is 2.49. The number of rotatable bonds is 22. The first-order chi connectivity index (χ1) is 25.3. The van der Waals surface area contributed by atoms with E-state index >= 15 is 0 Å². The van der Waals surface area contributed by atoms with Gasteiger partial charge in [0.15, 0.2) is 5.78 Å². The number of hydrogen-bond acceptors (Lipinski definition) is 6. The van der Waals surface area contributed by atoms with Gasteiger partial charge < -0.3 is 25.1 Å². The number of carbonyl (C=O) groups excluding carboxylic acids is 1. The Morgan fingerprint density at radius 1 is 0.654 bits per heavy atom. The number of hydrogen-bond donors (Lipinski definition) is 3. The maximum atomic E-state index is 13.6. The lowest BCUT2D eigenvalue weighted by molar-refractivity contribution is -0.697. The number of aliphatic hydroxyl groups excluding tert-OH is 1. The SMILES string of the molecule is CCCCN(CCCC)c1ccc(C2=C(O)C(c3c(O)cc(N(CCn4cc[n+](CCCC)c4)CCn4cc[n+](CCCC)c4)cc3O)C2=O)cc1. The van der Waals surface area contributed by atoms with E-state index in [0.717, 1.165) is 83.2 Å². The summed E-state index contributed by atoms with van der Waals surface area (Å²) in [6.07, 6.45) is 21.6. The van der Waals surface area contributed by atoms with Crippen LogP contribution in [0, 0.1) is 0 Å². The van der Waals surface area contributed by atoms with Gasteiger partial charge in [0.05, 0.1) is 37.3 Å². The minimum Gasteiger partial charge on any atom is -0.510 e. The van der Waals surface area contributed by atoms with Gasteiger partial charge in [-0.25, -0.2) is 18.3 Å². The van der Waals surface area contributed by atoms with Crippen LogP contribution in [-0.2, 0) is 31.0 Å². The summed E-state index contributed by atoms with van der Waals surface area (Å²) in [4.78, 5) is 18.1. The molecule has 2 aromatic carbocycles. The Kier molecular flexibility index (Phi) is 13.8. The number of aromatic nitrogens is 4. The van der Waals surface area contributed by atoms with Crippen molar-refractivity contribution in [3.05, 3.63) is 90.7 Å². The molecule has 1 aliphatic rings. The second kappa shape index (κ2) is 18.7. The predicted molar refractivity (Wildman–Crippen MR) is 207 cm³/mol. The summed E-state index contributed by atoms with van der Waals surface area (Å²) in [5, 5.41) is 33.9. The molecule has 0 fully saturated rings. The molecule has 0 saturated carbocycles. The Balaban J connectivity index is 1.34. The minimum atomic E-state index is -1.11. The third-order valence-corrected chi connectivity index (χ3v) is 10.2. The lowest BCUT2D eigenvalue weighted by Crippen LogP contribution is -2.33. The number of imidazole rings is 2. The monoisotopic (exact) mass is 712 g/mol. The van der Waals surface area contributed by atoms with E-state index in [9.17, 15) is 20.1 Å². The Hall–Kier alpha value is -4.73. The number of aromatic hydroxyl groups is 2. The van der Waals surface area contributed by atoms with E-state index in [1.165, 1.54) is 0 Å². The third-order valence-electron chi connectivity index (χ3n) is 10.2. The summed E-state index contributed by atoms with van der Waals surface area (Å²) < 4.78 is 8.71. The van der Waals surface area contributed by atoms with Gasteiger partial charge in [-0.3, -0.25) is 4.79 Å². The van der Waals surface area contributed by atoms with Crippen LogP contribution < -0.4 is 18.9 Å². The van der Waals surface area contributed by atoms with Gasteiger partial charge in [-0.05, 0) is 43.4 Å². The molecule has 1 atom stereocenters. The van der Waals surface area contributed by atoms with E-state index in [2.05, 4.69) is 93.2 Å². The Morgan fingerprint density at radius 2 is 1.13 bits per heavy atom. The maximum Gasteiger partial charge on any atom is 0.243 e. The first kappa shape index (κ1) is 38.5. The van der Waals surface area contributed by atoms with Gasteiger partial charge in [0, 0.05) is 36.6 Å². The summed E-state index contributed by atoms with van der Waals surface area (Å²) >= 11 is 0. The number of aryl methyl sites for hydroxylation is 2. The van der Waals surface area contributed by atoms with Crippen LogP contribution in [0.25, 0.3) is 5.57 Å². The highest BCUT2D eigenvalue weighted by atomic mass is 16.3. The van der Waals surface area contributed by atoms with Crippen LogP contribution in [0.3, 0.4) is 0 Å². The molecule has 280 valence electrons. The number of aliphatic hydroxyl groups is 1. The van der Waals surface area contributed by atoms with Crippen molar-refractivity contribution in [1.82, 2.24) is 9.13 Å². The first-order valence-corrected chi connectivity index (χ1v) is 19.5. The fourth-order valence-corrected chi connectivity index (χ4v) is 6.94. The first-order valence-electron chi connectivity index (χ1n) is 19.5. The summed E-state index contributed by atoms with van der Waals surface area (Å²) in [5.74, 6) is -1.98. The average Bonchev–Trinajstić information content (AvgIpc) is 3.81. The normalized spacial score (nSPS) is 14.2. The molecular weight excluding hydrogens is 653 g/mol. The number of Topliss-reactive ketones (excluding diaryl/α,β-unsaturated/α-hetero) is 1. The predicted octanol–water partition coefficient (Wildman–Crippen LogP) is 7.13. The molecule has 0 amide bonds. The molecule has 1 unspecified atom stereocenters. The molecule has 0 radical (unpaired) electrons. The molecule has 2 heterocycles. The van der Waals surface area contributed by atoms with Gasteiger partial charge in [0.1, 0.15) is 61.1 Å². The smallest absolute Gasteiger partial charge is 0.243 e. The highest BCUT2D eigenvalue weighted by molar-refractivity contribution is 6.32. The lowest BCUT2D eigenvalue weighted by atomic mass is 9.74. The molecule has 5 rings (SSSR count). The van der Waals surface area contributed by atoms with Crippen LogP contribution in [0.5, 0.6) is 11.5 Å². The Labute approximate surface area is 309 Å². The quantitative estimate of drug-likeness (QED) is 0.0751. The molecule has 3 N–H and O–H groups in total. The lowest BCUT2D eigenvalue weighted by Gasteiger charge is -2.31. The van der Waals surface area contributed by atoms with Crippen LogP contribution in [0.2, 0.25) is 0 Å². The highest BCUT2D eigenvalue weighted by Gasteiger charge is 2.44. The van der Waals surface area contributed by atoms with Crippen molar-refractivity contribution in [1.29, 1.82) is 0 Å². The minimum absolute atomic E-state index is 0.0432. The fraction of sp³-hybridized carbons (Fsp3) is 0.500. The number of benzene rings is 2. The van der Waals surface area contributed by atoms with Gasteiger partial charge in [-0.1, -0.05) is 65.5 Å². The summed E-state index contributed by atoms with van der Waals surface area (Å²) in [6.45, 7) is 15.4. The molecule has 0 saturated heterocycles. The summed E-state index contributed by atoms with van der Waals surface area (Å²) in [5.41, 5.74) is 2.67. The molecule has 0 bridgehead atoms. The van der Waals surface area contributed by atoms with Crippen molar-refractivity contribution in [2.75, 3.05) is 36.0 Å². The fourth-order valence-electron chi connectivity index (χ4n) is 6.94. The van der Waals surface area contributed by atoms with Crippen molar-refractivity contribution >= 4 is 22.7 Å². The van der Waals surface area contributed by atoms with Crippen LogP contribution in [0.15, 0.2) is 79.6 Å². The molecule has 2 aromatic heterocycles. The molecule has 10 heteroatoms. The number of phenols is 2. The number of nitrogens with zero attached hydrogens (tertiary/aromatic N) is 6. The number of ketones is 1. The molecule has 10 nitrogen and oxygen atoms in total. The number of unbranched alkanes of at least 4 members (excludes halogenated alkanes) is 4. The second-order valence-corrected chi connectivity index (χ2v) is 14.2. The molecule has 0 aliphatic heterocycles. The van der Waals surface area contributed by atoms with Crippen LogP contribution in [0.4, 0.5) is 11.4 Å². The van der Waals surface area contributed by atoms with Crippen LogP contribution >= 0.6 is 0 Å². The molecule has 4 aromatic rings. The molecule has 0 spiro atoms. The number of carbonyl (C=O) groups is 1. The Morgan fingerprint density at radius 3 is 1.60 bits per heavy atom. The van der Waals surface area contributed by atoms with E-state index in [4.69, 9.17) is 0 Å². The van der Waals surface area contributed by atoms with Gasteiger partial charge in [-0.15, -0.1) is 0 Å². The molecule has 1 aliphatic carbocycles. The van der Waals surface area contributed by atoms with Crippen LogP contribution in [-0.4, -0.2) is 56.4 Å². The van der Waals surface area contributed by atoms with Gasteiger partial charge >= 0.3 is 0 Å². The number of allylic oxidation sites excluding steroid dienone is 2. The van der Waals surface area contributed by atoms with Crippen molar-refractivity contribution in [3.8, 4) is 11.5 Å². The van der Waals surface area contributed by atoms with Crippen LogP contribution in [0.1, 0.15) is 96.1 Å².